The summed E-state index contributed by atoms with van der Waals surface area (Å²) in [4.78, 5) is 24.2. The number of amides is 2. The van der Waals surface area contributed by atoms with E-state index in [0.29, 0.717) is 22.0 Å². The van der Waals surface area contributed by atoms with Crippen LogP contribution in [0.15, 0.2) is 76.4 Å². The van der Waals surface area contributed by atoms with Crippen molar-refractivity contribution in [2.45, 2.75) is 6.92 Å². The molecule has 0 aliphatic rings. The summed E-state index contributed by atoms with van der Waals surface area (Å²) in [6.45, 7) is 1.75. The van der Waals surface area contributed by atoms with Gasteiger partial charge in [0.2, 0.25) is 0 Å². The second kappa shape index (κ2) is 8.33. The summed E-state index contributed by atoms with van der Waals surface area (Å²) < 4.78 is 5.07. The van der Waals surface area contributed by atoms with Crippen molar-refractivity contribution >= 4 is 34.8 Å². The molecular weight excluding hydrogens is 366 g/mol. The Labute approximate surface area is 160 Å². The first kappa shape index (κ1) is 18.4. The number of hydrazone groups is 1. The van der Waals surface area contributed by atoms with Crippen LogP contribution >= 0.6 is 11.6 Å². The maximum atomic E-state index is 12.2. The quantitative estimate of drug-likeness (QED) is 0.509. The van der Waals surface area contributed by atoms with Crippen molar-refractivity contribution in [3.8, 4) is 0 Å². The first-order chi connectivity index (χ1) is 13.0. The van der Waals surface area contributed by atoms with Gasteiger partial charge in [0.15, 0.2) is 5.76 Å². The lowest BCUT2D eigenvalue weighted by atomic mass is 10.1. The minimum Gasteiger partial charge on any atom is -0.459 e. The fourth-order valence-electron chi connectivity index (χ4n) is 2.33. The highest BCUT2D eigenvalue weighted by Gasteiger charge is 2.10. The normalized spacial score (nSPS) is 11.1. The molecule has 2 amide bonds. The van der Waals surface area contributed by atoms with Crippen molar-refractivity contribution in [1.29, 1.82) is 0 Å². The third-order valence-electron chi connectivity index (χ3n) is 3.73. The first-order valence-electron chi connectivity index (χ1n) is 8.09. The Bertz CT molecular complexity index is 997. The lowest BCUT2D eigenvalue weighted by Gasteiger charge is -2.07. The average Bonchev–Trinajstić information content (AvgIpc) is 3.21. The van der Waals surface area contributed by atoms with Gasteiger partial charge < -0.3 is 9.73 Å². The zero-order valence-electron chi connectivity index (χ0n) is 14.4. The Kier molecular flexibility index (Phi) is 5.68. The molecule has 2 aromatic carbocycles. The number of carbonyl (C=O) groups excluding carboxylic acids is 2. The highest BCUT2D eigenvalue weighted by atomic mass is 35.5. The molecule has 0 spiro atoms. The van der Waals surface area contributed by atoms with Crippen molar-refractivity contribution in [3.63, 3.8) is 0 Å². The molecule has 27 heavy (non-hydrogen) atoms. The van der Waals surface area contributed by atoms with Gasteiger partial charge in [-0.1, -0.05) is 35.9 Å². The van der Waals surface area contributed by atoms with E-state index in [0.717, 1.165) is 5.56 Å². The van der Waals surface area contributed by atoms with Gasteiger partial charge in [-0.25, -0.2) is 5.43 Å². The molecule has 136 valence electrons. The van der Waals surface area contributed by atoms with Crippen molar-refractivity contribution in [3.05, 3.63) is 88.8 Å². The van der Waals surface area contributed by atoms with Crippen molar-refractivity contribution in [2.75, 3.05) is 5.32 Å². The number of furan rings is 1. The number of carbonyl (C=O) groups is 2. The number of halogens is 1. The molecule has 1 aromatic heterocycles. The smallest absolute Gasteiger partial charge is 0.291 e. The SMILES string of the molecule is C/C(=N\NC(=O)c1ccccc1Cl)c1cccc(NC(=O)c2ccco2)c1. The maximum Gasteiger partial charge on any atom is 0.291 e. The lowest BCUT2D eigenvalue weighted by molar-refractivity contribution is 0.0953. The summed E-state index contributed by atoms with van der Waals surface area (Å²) >= 11 is 6.01. The number of anilines is 1. The number of hydrogen-bond donors (Lipinski definition) is 2. The molecule has 3 rings (SSSR count). The molecule has 0 bridgehead atoms. The summed E-state index contributed by atoms with van der Waals surface area (Å²) in [6.07, 6.45) is 1.43. The zero-order chi connectivity index (χ0) is 19.2. The number of nitrogens with zero attached hydrogens (tertiary/aromatic N) is 1. The first-order valence-corrected chi connectivity index (χ1v) is 8.47. The molecule has 0 saturated carbocycles. The fourth-order valence-corrected chi connectivity index (χ4v) is 2.55. The molecule has 2 N–H and O–H groups in total. The summed E-state index contributed by atoms with van der Waals surface area (Å²) in [5.74, 6) is -0.529. The van der Waals surface area contributed by atoms with Crippen LogP contribution in [0.5, 0.6) is 0 Å². The predicted molar refractivity (Wildman–Crippen MR) is 104 cm³/mol. The molecule has 0 atom stereocenters. The second-order valence-corrected chi connectivity index (χ2v) is 6.04. The van der Waals surface area contributed by atoms with E-state index < -0.39 is 5.91 Å². The van der Waals surface area contributed by atoms with Gasteiger partial charge in [0, 0.05) is 5.69 Å². The van der Waals surface area contributed by atoms with Gasteiger partial charge in [-0.3, -0.25) is 9.59 Å². The monoisotopic (exact) mass is 381 g/mol. The third-order valence-corrected chi connectivity index (χ3v) is 4.06. The summed E-state index contributed by atoms with van der Waals surface area (Å²) in [5.41, 5.74) is 4.73. The summed E-state index contributed by atoms with van der Waals surface area (Å²) in [6, 6.07) is 17.1. The van der Waals surface area contributed by atoms with Crippen LogP contribution in [0.25, 0.3) is 0 Å². The Balaban J connectivity index is 1.70. The van der Waals surface area contributed by atoms with Crippen molar-refractivity contribution in [1.82, 2.24) is 5.43 Å². The molecule has 6 nitrogen and oxygen atoms in total. The van der Waals surface area contributed by atoms with Gasteiger partial charge in [-0.05, 0) is 48.9 Å². The van der Waals surface area contributed by atoms with E-state index in [2.05, 4.69) is 15.8 Å². The predicted octanol–water partition coefficient (Wildman–Crippen LogP) is 4.34. The minimum absolute atomic E-state index is 0.220. The molecule has 0 saturated heterocycles. The highest BCUT2D eigenvalue weighted by Crippen LogP contribution is 2.15. The average molecular weight is 382 g/mol. The molecule has 7 heteroatoms. The Morgan fingerprint density at radius 1 is 1.00 bits per heavy atom. The third kappa shape index (κ3) is 4.62. The molecular formula is C20H16ClN3O3. The van der Waals surface area contributed by atoms with Gasteiger partial charge in [0.25, 0.3) is 11.8 Å². The Morgan fingerprint density at radius 2 is 1.81 bits per heavy atom. The van der Waals surface area contributed by atoms with Crippen LogP contribution in [-0.2, 0) is 0 Å². The van der Waals surface area contributed by atoms with E-state index in [-0.39, 0.29) is 11.7 Å². The van der Waals surface area contributed by atoms with E-state index in [4.69, 9.17) is 16.0 Å². The van der Waals surface area contributed by atoms with E-state index in [1.807, 2.05) is 6.07 Å². The molecule has 0 aliphatic carbocycles. The lowest BCUT2D eigenvalue weighted by Crippen LogP contribution is -2.19. The number of benzene rings is 2. The molecule has 1 heterocycles. The Morgan fingerprint density at radius 3 is 2.56 bits per heavy atom. The van der Waals surface area contributed by atoms with Gasteiger partial charge in [0.05, 0.1) is 22.6 Å². The van der Waals surface area contributed by atoms with E-state index in [1.54, 1.807) is 61.5 Å². The molecule has 0 fully saturated rings. The topological polar surface area (TPSA) is 83.7 Å². The number of nitrogens with one attached hydrogen (secondary N) is 2. The van der Waals surface area contributed by atoms with E-state index >= 15 is 0 Å². The largest absolute Gasteiger partial charge is 0.459 e. The number of hydrogen-bond acceptors (Lipinski definition) is 4. The van der Waals surface area contributed by atoms with Crippen molar-refractivity contribution in [2.24, 2.45) is 5.10 Å². The zero-order valence-corrected chi connectivity index (χ0v) is 15.2. The van der Waals surface area contributed by atoms with Gasteiger partial charge >= 0.3 is 0 Å². The van der Waals surface area contributed by atoms with Gasteiger partial charge in [-0.15, -0.1) is 0 Å². The minimum atomic E-state index is -0.401. The van der Waals surface area contributed by atoms with E-state index in [1.165, 1.54) is 6.26 Å². The van der Waals surface area contributed by atoms with Crippen LogP contribution in [0.2, 0.25) is 5.02 Å². The standard InChI is InChI=1S/C20H16ClN3O3/c1-13(23-24-19(25)16-8-2-3-9-17(16)21)14-6-4-7-15(12-14)22-20(26)18-10-5-11-27-18/h2-12H,1H3,(H,22,26)(H,24,25)/b23-13+. The molecule has 0 radical (unpaired) electrons. The van der Waals surface area contributed by atoms with Crippen LogP contribution in [-0.4, -0.2) is 17.5 Å². The number of rotatable bonds is 5. The van der Waals surface area contributed by atoms with Crippen LogP contribution in [0.1, 0.15) is 33.4 Å². The van der Waals surface area contributed by atoms with Crippen LogP contribution < -0.4 is 10.7 Å². The Hall–Kier alpha value is -3.38. The fraction of sp³-hybridized carbons (Fsp3) is 0.0500. The molecule has 0 aliphatic heterocycles. The van der Waals surface area contributed by atoms with Crippen molar-refractivity contribution < 1.29 is 14.0 Å². The van der Waals surface area contributed by atoms with Crippen LogP contribution in [0.3, 0.4) is 0 Å². The summed E-state index contributed by atoms with van der Waals surface area (Å²) in [5, 5.41) is 7.21. The van der Waals surface area contributed by atoms with Crippen LogP contribution in [0, 0.1) is 0 Å². The molecule has 0 unspecified atom stereocenters. The second-order valence-electron chi connectivity index (χ2n) is 5.63. The van der Waals surface area contributed by atoms with E-state index in [9.17, 15) is 9.59 Å². The summed E-state index contributed by atoms with van der Waals surface area (Å²) in [7, 11) is 0. The van der Waals surface area contributed by atoms with Gasteiger partial charge in [0.1, 0.15) is 0 Å². The highest BCUT2D eigenvalue weighted by molar-refractivity contribution is 6.33. The van der Waals surface area contributed by atoms with Crippen LogP contribution in [0.4, 0.5) is 5.69 Å². The van der Waals surface area contributed by atoms with Gasteiger partial charge in [-0.2, -0.15) is 5.10 Å². The molecule has 3 aromatic rings. The maximum absolute atomic E-state index is 12.2.